The van der Waals surface area contributed by atoms with Gasteiger partial charge < -0.3 is 15.2 Å². The maximum Gasteiger partial charge on any atom is 0.0473 e. The summed E-state index contributed by atoms with van der Waals surface area (Å²) in [4.78, 5) is 2.13. The van der Waals surface area contributed by atoms with Gasteiger partial charge in [0, 0.05) is 43.4 Å². The molecule has 0 saturated heterocycles. The van der Waals surface area contributed by atoms with Crippen molar-refractivity contribution in [2.45, 2.75) is 25.3 Å². The molecular weight excluding hydrogens is 234 g/mol. The molecule has 1 aliphatic carbocycles. The molecule has 100 valence electrons. The van der Waals surface area contributed by atoms with Crippen molar-refractivity contribution in [3.63, 3.8) is 0 Å². The van der Waals surface area contributed by atoms with E-state index in [4.69, 9.17) is 5.73 Å². The molecule has 1 aromatic heterocycles. The molecule has 3 heteroatoms. The fourth-order valence-corrected chi connectivity index (χ4v) is 2.89. The van der Waals surface area contributed by atoms with Gasteiger partial charge in [0.15, 0.2) is 0 Å². The molecule has 0 radical (unpaired) electrons. The molecule has 0 amide bonds. The van der Waals surface area contributed by atoms with E-state index >= 15 is 0 Å². The Morgan fingerprint density at radius 3 is 2.89 bits per heavy atom. The zero-order valence-electron chi connectivity index (χ0n) is 11.6. The summed E-state index contributed by atoms with van der Waals surface area (Å²) in [5.41, 5.74) is 11.3. The lowest BCUT2D eigenvalue weighted by atomic mass is 9.93. The minimum atomic E-state index is 0.210. The van der Waals surface area contributed by atoms with Gasteiger partial charge in [-0.25, -0.2) is 0 Å². The van der Waals surface area contributed by atoms with E-state index in [-0.39, 0.29) is 6.04 Å². The van der Waals surface area contributed by atoms with Gasteiger partial charge in [-0.1, -0.05) is 6.07 Å². The molecule has 1 heterocycles. The van der Waals surface area contributed by atoms with Gasteiger partial charge >= 0.3 is 0 Å². The van der Waals surface area contributed by atoms with Crippen LogP contribution >= 0.6 is 0 Å². The minimum Gasteiger partial charge on any atom is -0.378 e. The Labute approximate surface area is 114 Å². The standard InChI is InChI=1S/C16H21N3/c1-18(2)12-5-3-6-13(11-12)19-10-9-14-15(17)7-4-8-16(14)19/h3,5-6,9-11,15H,4,7-8,17H2,1-2H3. The maximum absolute atomic E-state index is 6.19. The van der Waals surface area contributed by atoms with Gasteiger partial charge in [-0.2, -0.15) is 0 Å². The van der Waals surface area contributed by atoms with Crippen LogP contribution in [0.5, 0.6) is 0 Å². The minimum absolute atomic E-state index is 0.210. The molecule has 0 fully saturated rings. The average Bonchev–Trinajstić information content (AvgIpc) is 2.84. The fraction of sp³-hybridized carbons (Fsp3) is 0.375. The van der Waals surface area contributed by atoms with E-state index in [0.717, 1.165) is 12.8 Å². The second-order valence-electron chi connectivity index (χ2n) is 5.50. The summed E-state index contributed by atoms with van der Waals surface area (Å²) in [6.45, 7) is 0. The summed E-state index contributed by atoms with van der Waals surface area (Å²) in [5, 5.41) is 0. The van der Waals surface area contributed by atoms with Crippen LogP contribution in [0.3, 0.4) is 0 Å². The first-order chi connectivity index (χ1) is 9.16. The van der Waals surface area contributed by atoms with Crippen molar-refractivity contribution in [1.29, 1.82) is 0 Å². The summed E-state index contributed by atoms with van der Waals surface area (Å²) < 4.78 is 2.29. The molecule has 2 aromatic rings. The highest BCUT2D eigenvalue weighted by Crippen LogP contribution is 2.31. The molecule has 1 atom stereocenters. The van der Waals surface area contributed by atoms with E-state index in [1.807, 2.05) is 0 Å². The fourth-order valence-electron chi connectivity index (χ4n) is 2.89. The van der Waals surface area contributed by atoms with Crippen molar-refractivity contribution in [2.75, 3.05) is 19.0 Å². The van der Waals surface area contributed by atoms with E-state index in [9.17, 15) is 0 Å². The number of anilines is 1. The number of hydrogen-bond acceptors (Lipinski definition) is 2. The zero-order valence-corrected chi connectivity index (χ0v) is 11.6. The number of nitrogens with two attached hydrogens (primary N) is 1. The summed E-state index contributed by atoms with van der Waals surface area (Å²) >= 11 is 0. The summed E-state index contributed by atoms with van der Waals surface area (Å²) in [6, 6.07) is 11.0. The summed E-state index contributed by atoms with van der Waals surface area (Å²) in [5.74, 6) is 0. The second kappa shape index (κ2) is 4.74. The van der Waals surface area contributed by atoms with Gasteiger partial charge in [0.25, 0.3) is 0 Å². The lowest BCUT2D eigenvalue weighted by Gasteiger charge is -2.21. The van der Waals surface area contributed by atoms with Gasteiger partial charge in [0.05, 0.1) is 0 Å². The Hall–Kier alpha value is -1.74. The molecule has 3 nitrogen and oxygen atoms in total. The van der Waals surface area contributed by atoms with Crippen molar-refractivity contribution in [2.24, 2.45) is 5.73 Å². The van der Waals surface area contributed by atoms with E-state index in [1.54, 1.807) is 0 Å². The van der Waals surface area contributed by atoms with Gasteiger partial charge in [-0.3, -0.25) is 0 Å². The average molecular weight is 255 g/mol. The number of fused-ring (bicyclic) bond motifs is 1. The maximum atomic E-state index is 6.19. The third kappa shape index (κ3) is 2.15. The highest BCUT2D eigenvalue weighted by Gasteiger charge is 2.20. The predicted octanol–water partition coefficient (Wildman–Crippen LogP) is 2.88. The van der Waals surface area contributed by atoms with Crippen molar-refractivity contribution < 1.29 is 0 Å². The van der Waals surface area contributed by atoms with E-state index in [1.165, 1.54) is 29.1 Å². The van der Waals surface area contributed by atoms with Gasteiger partial charge in [0.1, 0.15) is 0 Å². The molecule has 3 rings (SSSR count). The highest BCUT2D eigenvalue weighted by atomic mass is 15.1. The lowest BCUT2D eigenvalue weighted by molar-refractivity contribution is 0.560. The highest BCUT2D eigenvalue weighted by molar-refractivity contribution is 5.53. The molecule has 19 heavy (non-hydrogen) atoms. The molecule has 1 aromatic carbocycles. The molecule has 0 bridgehead atoms. The molecule has 1 unspecified atom stereocenters. The third-order valence-corrected chi connectivity index (χ3v) is 3.98. The lowest BCUT2D eigenvalue weighted by Crippen LogP contribution is -2.18. The molecule has 0 saturated carbocycles. The Bertz CT molecular complexity index is 583. The first-order valence-corrected chi connectivity index (χ1v) is 6.90. The number of nitrogens with zero attached hydrogens (tertiary/aromatic N) is 2. The third-order valence-electron chi connectivity index (χ3n) is 3.98. The number of aromatic nitrogens is 1. The van der Waals surface area contributed by atoms with Crippen molar-refractivity contribution in [1.82, 2.24) is 4.57 Å². The molecule has 0 aliphatic heterocycles. The van der Waals surface area contributed by atoms with Crippen molar-refractivity contribution in [3.05, 3.63) is 47.8 Å². The quantitative estimate of drug-likeness (QED) is 0.895. The van der Waals surface area contributed by atoms with E-state index in [2.05, 4.69) is 60.1 Å². The first kappa shape index (κ1) is 12.3. The van der Waals surface area contributed by atoms with Crippen LogP contribution in [0, 0.1) is 0 Å². The van der Waals surface area contributed by atoms with Gasteiger partial charge in [-0.15, -0.1) is 0 Å². The Balaban J connectivity index is 2.05. The van der Waals surface area contributed by atoms with Crippen LogP contribution in [0.25, 0.3) is 5.69 Å². The van der Waals surface area contributed by atoms with Crippen LogP contribution in [-0.4, -0.2) is 18.7 Å². The van der Waals surface area contributed by atoms with Crippen LogP contribution in [0.15, 0.2) is 36.5 Å². The van der Waals surface area contributed by atoms with Crippen LogP contribution in [-0.2, 0) is 6.42 Å². The Kier molecular flexibility index (Phi) is 3.07. The SMILES string of the molecule is CN(C)c1cccc(-n2ccc3c2CCCC3N)c1. The first-order valence-electron chi connectivity index (χ1n) is 6.90. The summed E-state index contributed by atoms with van der Waals surface area (Å²) in [7, 11) is 4.14. The van der Waals surface area contributed by atoms with Crippen LogP contribution < -0.4 is 10.6 Å². The van der Waals surface area contributed by atoms with E-state index < -0.39 is 0 Å². The topological polar surface area (TPSA) is 34.2 Å². The zero-order chi connectivity index (χ0) is 13.4. The van der Waals surface area contributed by atoms with Crippen LogP contribution in [0.4, 0.5) is 5.69 Å². The normalized spacial score (nSPS) is 18.2. The van der Waals surface area contributed by atoms with Crippen molar-refractivity contribution >= 4 is 5.69 Å². The molecular formula is C16H21N3. The van der Waals surface area contributed by atoms with Gasteiger partial charge in [0.2, 0.25) is 0 Å². The molecule has 1 aliphatic rings. The number of benzene rings is 1. The molecule has 2 N–H and O–H groups in total. The summed E-state index contributed by atoms with van der Waals surface area (Å²) in [6.07, 6.45) is 5.58. The van der Waals surface area contributed by atoms with E-state index in [0.29, 0.717) is 0 Å². The monoisotopic (exact) mass is 255 g/mol. The smallest absolute Gasteiger partial charge is 0.0473 e. The van der Waals surface area contributed by atoms with Crippen molar-refractivity contribution in [3.8, 4) is 5.69 Å². The Morgan fingerprint density at radius 2 is 2.11 bits per heavy atom. The van der Waals surface area contributed by atoms with Crippen LogP contribution in [0.1, 0.15) is 30.1 Å². The predicted molar refractivity (Wildman–Crippen MR) is 80.0 cm³/mol. The second-order valence-corrected chi connectivity index (χ2v) is 5.50. The number of hydrogen-bond donors (Lipinski definition) is 1. The van der Waals surface area contributed by atoms with Gasteiger partial charge in [-0.05, 0) is 49.1 Å². The molecule has 0 spiro atoms. The van der Waals surface area contributed by atoms with Crippen LogP contribution in [0.2, 0.25) is 0 Å². The Morgan fingerprint density at radius 1 is 1.26 bits per heavy atom. The largest absolute Gasteiger partial charge is 0.378 e. The number of rotatable bonds is 2.